The number of H-pyrrole nitrogens is 1. The van der Waals surface area contributed by atoms with E-state index in [2.05, 4.69) is 15.2 Å². The minimum atomic E-state index is -3.68. The highest BCUT2D eigenvalue weighted by atomic mass is 19.3. The summed E-state index contributed by atoms with van der Waals surface area (Å²) in [5.41, 5.74) is 1.06. The van der Waals surface area contributed by atoms with Gasteiger partial charge in [0.25, 0.3) is 5.92 Å². The number of pyridine rings is 1. The number of hydrogen-bond acceptors (Lipinski definition) is 4. The van der Waals surface area contributed by atoms with Gasteiger partial charge in [-0.2, -0.15) is 5.10 Å². The van der Waals surface area contributed by atoms with Gasteiger partial charge in [0.05, 0.1) is 17.3 Å². The zero-order valence-corrected chi connectivity index (χ0v) is 16.8. The number of halogens is 3. The normalized spacial score (nSPS) is 15.6. The molecule has 3 aromatic heterocycles. The highest BCUT2D eigenvalue weighted by Gasteiger charge is 2.43. The van der Waals surface area contributed by atoms with E-state index in [0.717, 1.165) is 0 Å². The van der Waals surface area contributed by atoms with E-state index in [9.17, 15) is 14.3 Å². The lowest BCUT2D eigenvalue weighted by molar-refractivity contribution is -0.145. The molecule has 0 spiro atoms. The first kappa shape index (κ1) is 20.5. The van der Waals surface area contributed by atoms with Crippen LogP contribution in [0.2, 0.25) is 0 Å². The summed E-state index contributed by atoms with van der Waals surface area (Å²) in [6, 6.07) is 7.22. The molecule has 5 rings (SSSR count). The van der Waals surface area contributed by atoms with E-state index in [0.29, 0.717) is 48.3 Å². The molecule has 7 nitrogen and oxygen atoms in total. The average Bonchev–Trinajstić information content (AvgIpc) is 3.34. The maximum atomic E-state index is 15.5. The molecule has 166 valence electrons. The predicted molar refractivity (Wildman–Crippen MR) is 110 cm³/mol. The third kappa shape index (κ3) is 3.40. The van der Waals surface area contributed by atoms with E-state index in [4.69, 9.17) is 4.74 Å². The average molecular weight is 444 g/mol. The Morgan fingerprint density at radius 1 is 1.25 bits per heavy atom. The molecule has 1 fully saturated rings. The molecule has 0 radical (unpaired) electrons. The van der Waals surface area contributed by atoms with Crippen molar-refractivity contribution in [2.75, 3.05) is 13.2 Å². The Balaban J connectivity index is 1.90. The molecule has 0 unspecified atom stereocenters. The number of carboxylic acids is 1. The summed E-state index contributed by atoms with van der Waals surface area (Å²) in [5.74, 6) is -6.05. The maximum absolute atomic E-state index is 15.5. The maximum Gasteiger partial charge on any atom is 0.309 e. The van der Waals surface area contributed by atoms with Crippen molar-refractivity contribution in [2.24, 2.45) is 0 Å². The van der Waals surface area contributed by atoms with Crippen molar-refractivity contribution >= 4 is 28.0 Å². The van der Waals surface area contributed by atoms with E-state index in [1.54, 1.807) is 10.6 Å². The van der Waals surface area contributed by atoms with Crippen LogP contribution in [0, 0.1) is 5.82 Å². The largest absolute Gasteiger partial charge is 0.481 e. The standard InChI is InChI=1S/C22H19F3N4O3/c23-14-1-3-15(4-2-14)29-16-9-13-11-26-28-21(13)27-19(16)18(22(24,25)10-17(30)31)20(29)12-5-7-32-8-6-12/h1-4,9,11-12H,5-8,10H2,(H,30,31)(H,26,27,28). The third-order valence-electron chi connectivity index (χ3n) is 5.81. The van der Waals surface area contributed by atoms with Crippen LogP contribution in [0.3, 0.4) is 0 Å². The van der Waals surface area contributed by atoms with Gasteiger partial charge < -0.3 is 14.4 Å². The molecule has 0 atom stereocenters. The quantitative estimate of drug-likeness (QED) is 0.473. The number of aromatic amines is 1. The van der Waals surface area contributed by atoms with Crippen LogP contribution < -0.4 is 0 Å². The number of benzene rings is 1. The minimum absolute atomic E-state index is 0.00110. The number of aliphatic carboxylic acids is 1. The smallest absolute Gasteiger partial charge is 0.309 e. The number of rotatable bonds is 5. The fourth-order valence-corrected chi connectivity index (χ4v) is 4.45. The van der Waals surface area contributed by atoms with E-state index < -0.39 is 29.7 Å². The summed E-state index contributed by atoms with van der Waals surface area (Å²) in [6.45, 7) is 0.801. The SMILES string of the molecule is O=C(O)CC(F)(F)c1c(C2CCOCC2)n(-c2ccc(F)cc2)c2cc3cn[nH]c3nc12. The monoisotopic (exact) mass is 444 g/mol. The fraction of sp³-hybridized carbons (Fsp3) is 0.318. The van der Waals surface area contributed by atoms with Gasteiger partial charge in [-0.05, 0) is 43.2 Å². The number of nitrogens with zero attached hydrogens (tertiary/aromatic N) is 3. The highest BCUT2D eigenvalue weighted by Crippen LogP contribution is 2.46. The lowest BCUT2D eigenvalue weighted by atomic mass is 9.90. The Kier molecular flexibility index (Phi) is 4.89. The van der Waals surface area contributed by atoms with Crippen molar-refractivity contribution in [2.45, 2.75) is 31.1 Å². The molecule has 32 heavy (non-hydrogen) atoms. The second-order valence-corrected chi connectivity index (χ2v) is 7.90. The molecule has 1 aromatic carbocycles. The molecule has 1 aliphatic rings. The highest BCUT2D eigenvalue weighted by molar-refractivity contribution is 5.94. The molecular weight excluding hydrogens is 425 g/mol. The Labute approximate surface area is 179 Å². The summed E-state index contributed by atoms with van der Waals surface area (Å²) in [4.78, 5) is 15.7. The van der Waals surface area contributed by atoms with Gasteiger partial charge >= 0.3 is 5.97 Å². The van der Waals surface area contributed by atoms with E-state index >= 15 is 8.78 Å². The van der Waals surface area contributed by atoms with Crippen molar-refractivity contribution in [1.29, 1.82) is 0 Å². The van der Waals surface area contributed by atoms with Crippen LogP contribution >= 0.6 is 0 Å². The molecule has 1 saturated heterocycles. The molecule has 0 bridgehead atoms. The van der Waals surface area contributed by atoms with Crippen LogP contribution in [-0.4, -0.2) is 44.0 Å². The molecule has 0 aliphatic carbocycles. The summed E-state index contributed by atoms with van der Waals surface area (Å²) in [6.07, 6.45) is 1.15. The molecular formula is C22H19F3N4O3. The number of aromatic nitrogens is 4. The van der Waals surface area contributed by atoms with E-state index in [-0.39, 0.29) is 17.1 Å². The van der Waals surface area contributed by atoms with Gasteiger partial charge in [-0.25, -0.2) is 18.2 Å². The summed E-state index contributed by atoms with van der Waals surface area (Å²) in [7, 11) is 0. The topological polar surface area (TPSA) is 93.0 Å². The van der Waals surface area contributed by atoms with Crippen molar-refractivity contribution in [3.8, 4) is 5.69 Å². The van der Waals surface area contributed by atoms with Crippen LogP contribution in [0.4, 0.5) is 13.2 Å². The molecule has 4 heterocycles. The molecule has 4 aromatic rings. The minimum Gasteiger partial charge on any atom is -0.481 e. The fourth-order valence-electron chi connectivity index (χ4n) is 4.45. The summed E-state index contributed by atoms with van der Waals surface area (Å²) >= 11 is 0. The lowest BCUT2D eigenvalue weighted by Crippen LogP contribution is -2.24. The molecule has 10 heteroatoms. The van der Waals surface area contributed by atoms with Crippen molar-refractivity contribution < 1.29 is 27.8 Å². The van der Waals surface area contributed by atoms with Crippen LogP contribution in [0.15, 0.2) is 36.5 Å². The number of nitrogens with one attached hydrogen (secondary N) is 1. The molecule has 0 saturated carbocycles. The van der Waals surface area contributed by atoms with Gasteiger partial charge in [-0.1, -0.05) is 0 Å². The van der Waals surface area contributed by atoms with Crippen LogP contribution in [0.1, 0.15) is 36.4 Å². The number of carboxylic acid groups (broad SMARTS) is 1. The van der Waals surface area contributed by atoms with Crippen molar-refractivity contribution in [1.82, 2.24) is 19.7 Å². The van der Waals surface area contributed by atoms with E-state index in [1.807, 2.05) is 0 Å². The van der Waals surface area contributed by atoms with Gasteiger partial charge in [0.1, 0.15) is 17.8 Å². The Morgan fingerprint density at radius 3 is 2.66 bits per heavy atom. The summed E-state index contributed by atoms with van der Waals surface area (Å²) < 4.78 is 51.8. The van der Waals surface area contributed by atoms with E-state index in [1.165, 1.54) is 30.5 Å². The van der Waals surface area contributed by atoms with Gasteiger partial charge in [0.15, 0.2) is 5.65 Å². The zero-order valence-electron chi connectivity index (χ0n) is 16.8. The Morgan fingerprint density at radius 2 is 1.97 bits per heavy atom. The van der Waals surface area contributed by atoms with Gasteiger partial charge in [0.2, 0.25) is 0 Å². The zero-order chi connectivity index (χ0) is 22.5. The number of alkyl halides is 2. The second kappa shape index (κ2) is 7.63. The van der Waals surface area contributed by atoms with Crippen molar-refractivity contribution in [3.63, 3.8) is 0 Å². The first-order valence-electron chi connectivity index (χ1n) is 10.2. The number of fused-ring (bicyclic) bond motifs is 2. The third-order valence-corrected chi connectivity index (χ3v) is 5.81. The van der Waals surface area contributed by atoms with Gasteiger partial charge in [-0.3, -0.25) is 9.89 Å². The van der Waals surface area contributed by atoms with Gasteiger partial charge in [0, 0.05) is 35.9 Å². The number of hydrogen-bond donors (Lipinski definition) is 2. The van der Waals surface area contributed by atoms with Gasteiger partial charge in [-0.15, -0.1) is 0 Å². The predicted octanol–water partition coefficient (Wildman–Crippen LogP) is 4.50. The number of ether oxygens (including phenoxy) is 1. The van der Waals surface area contributed by atoms with Crippen LogP contribution in [0.5, 0.6) is 0 Å². The van der Waals surface area contributed by atoms with Crippen LogP contribution in [0.25, 0.3) is 27.8 Å². The van der Waals surface area contributed by atoms with Crippen LogP contribution in [-0.2, 0) is 15.5 Å². The first-order valence-corrected chi connectivity index (χ1v) is 10.2. The number of carbonyl (C=O) groups is 1. The molecule has 0 amide bonds. The Bertz CT molecular complexity index is 1310. The first-order chi connectivity index (χ1) is 15.3. The Hall–Kier alpha value is -3.40. The van der Waals surface area contributed by atoms with Crippen molar-refractivity contribution in [3.05, 3.63) is 53.6 Å². The summed E-state index contributed by atoms with van der Waals surface area (Å²) in [5, 5.41) is 16.4. The molecule has 2 N–H and O–H groups in total. The molecule has 1 aliphatic heterocycles. The second-order valence-electron chi connectivity index (χ2n) is 7.90. The lowest BCUT2D eigenvalue weighted by Gasteiger charge is -2.27.